The van der Waals surface area contributed by atoms with Crippen molar-refractivity contribution in [3.63, 3.8) is 0 Å². The van der Waals surface area contributed by atoms with Crippen molar-refractivity contribution < 1.29 is 25.2 Å². The first-order chi connectivity index (χ1) is 11.6. The number of aliphatic carboxylic acids is 1. The maximum absolute atomic E-state index is 10.3. The number of allylic oxidation sites excluding steroid dienone is 2. The van der Waals surface area contributed by atoms with Crippen LogP contribution in [0.5, 0.6) is 0 Å². The fraction of sp³-hybridized carbons (Fsp3) is 0.842. The van der Waals surface area contributed by atoms with Gasteiger partial charge in [-0.1, -0.05) is 57.6 Å². The van der Waals surface area contributed by atoms with Crippen LogP contribution in [-0.2, 0) is 4.79 Å². The molecule has 5 nitrogen and oxygen atoms in total. The lowest BCUT2D eigenvalue weighted by molar-refractivity contribution is -0.137. The Hall–Kier alpha value is -0.910. The smallest absolute Gasteiger partial charge is 0.303 e. The van der Waals surface area contributed by atoms with E-state index in [0.717, 1.165) is 12.8 Å². The highest BCUT2D eigenvalue weighted by atomic mass is 16.4. The molecule has 0 aromatic heterocycles. The van der Waals surface area contributed by atoms with Crippen molar-refractivity contribution in [3.05, 3.63) is 12.2 Å². The number of hydrogen-bond donors (Lipinski definition) is 4. The highest BCUT2D eigenvalue weighted by molar-refractivity contribution is 5.66. The van der Waals surface area contributed by atoms with E-state index in [-0.39, 0.29) is 13.2 Å². The SMILES string of the molecule is CCCCCCC=CCCCCCCCC(=O)O.OCC(O)CO. The monoisotopic (exact) mass is 346 g/mol. The number of carbonyl (C=O) groups is 1. The maximum Gasteiger partial charge on any atom is 0.303 e. The van der Waals surface area contributed by atoms with Crippen LogP contribution in [-0.4, -0.2) is 45.7 Å². The highest BCUT2D eigenvalue weighted by Gasteiger charge is 1.96. The Kier molecular flexibility index (Phi) is 23.3. The second kappa shape index (κ2) is 22.1. The molecule has 0 atom stereocenters. The van der Waals surface area contributed by atoms with Crippen molar-refractivity contribution in [1.29, 1.82) is 0 Å². The van der Waals surface area contributed by atoms with Crippen molar-refractivity contribution in [3.8, 4) is 0 Å². The van der Waals surface area contributed by atoms with Crippen LogP contribution in [0, 0.1) is 0 Å². The van der Waals surface area contributed by atoms with Gasteiger partial charge in [0.05, 0.1) is 13.2 Å². The summed E-state index contributed by atoms with van der Waals surface area (Å²) < 4.78 is 0. The molecule has 24 heavy (non-hydrogen) atoms. The summed E-state index contributed by atoms with van der Waals surface area (Å²) in [4.78, 5) is 10.3. The van der Waals surface area contributed by atoms with Gasteiger partial charge in [-0.2, -0.15) is 0 Å². The molecule has 0 saturated carbocycles. The molecule has 0 saturated heterocycles. The Morgan fingerprint density at radius 2 is 1.29 bits per heavy atom. The summed E-state index contributed by atoms with van der Waals surface area (Å²) in [5.41, 5.74) is 0. The van der Waals surface area contributed by atoms with Crippen molar-refractivity contribution in [2.75, 3.05) is 13.2 Å². The molecule has 0 aromatic rings. The molecular formula is C19H38O5. The first-order valence-electron chi connectivity index (χ1n) is 9.35. The second-order valence-corrected chi connectivity index (χ2v) is 6.04. The molecule has 0 radical (unpaired) electrons. The molecular weight excluding hydrogens is 308 g/mol. The summed E-state index contributed by atoms with van der Waals surface area (Å²) in [7, 11) is 0. The summed E-state index contributed by atoms with van der Waals surface area (Å²) in [6, 6.07) is 0. The molecule has 0 aromatic carbocycles. The van der Waals surface area contributed by atoms with Crippen LogP contribution in [0.25, 0.3) is 0 Å². The number of aliphatic hydroxyl groups is 3. The second-order valence-electron chi connectivity index (χ2n) is 6.04. The largest absolute Gasteiger partial charge is 0.481 e. The molecule has 0 amide bonds. The zero-order chi connectivity index (χ0) is 18.5. The van der Waals surface area contributed by atoms with Crippen molar-refractivity contribution in [2.45, 2.75) is 90.1 Å². The lowest BCUT2D eigenvalue weighted by atomic mass is 10.1. The Bertz CT molecular complexity index is 275. The van der Waals surface area contributed by atoms with Crippen LogP contribution in [0.3, 0.4) is 0 Å². The fourth-order valence-electron chi connectivity index (χ4n) is 2.05. The van der Waals surface area contributed by atoms with Crippen molar-refractivity contribution in [1.82, 2.24) is 0 Å². The number of rotatable bonds is 15. The van der Waals surface area contributed by atoms with Gasteiger partial charge >= 0.3 is 5.97 Å². The van der Waals surface area contributed by atoms with Crippen LogP contribution in [0.1, 0.15) is 84.0 Å². The molecule has 5 heteroatoms. The number of carboxylic acids is 1. The average molecular weight is 347 g/mol. The van der Waals surface area contributed by atoms with E-state index in [1.807, 2.05) is 0 Å². The number of aliphatic hydroxyl groups excluding tert-OH is 3. The zero-order valence-corrected chi connectivity index (χ0v) is 15.3. The van der Waals surface area contributed by atoms with Crippen LogP contribution < -0.4 is 0 Å². The molecule has 0 rings (SSSR count). The van der Waals surface area contributed by atoms with Crippen molar-refractivity contribution in [2.24, 2.45) is 0 Å². The molecule has 0 heterocycles. The van der Waals surface area contributed by atoms with E-state index in [9.17, 15) is 4.79 Å². The van der Waals surface area contributed by atoms with Gasteiger partial charge in [-0.25, -0.2) is 0 Å². The maximum atomic E-state index is 10.3. The van der Waals surface area contributed by atoms with E-state index in [2.05, 4.69) is 19.1 Å². The van der Waals surface area contributed by atoms with Gasteiger partial charge in [-0.3, -0.25) is 4.79 Å². The van der Waals surface area contributed by atoms with Gasteiger partial charge in [0.2, 0.25) is 0 Å². The number of carboxylic acid groups (broad SMARTS) is 1. The van der Waals surface area contributed by atoms with E-state index < -0.39 is 12.1 Å². The fourth-order valence-corrected chi connectivity index (χ4v) is 2.05. The number of hydrogen-bond acceptors (Lipinski definition) is 4. The third-order valence-electron chi connectivity index (χ3n) is 3.57. The van der Waals surface area contributed by atoms with Crippen molar-refractivity contribution >= 4 is 5.97 Å². The van der Waals surface area contributed by atoms with Gasteiger partial charge in [-0.05, 0) is 32.1 Å². The van der Waals surface area contributed by atoms with Gasteiger partial charge in [-0.15, -0.1) is 0 Å². The van der Waals surface area contributed by atoms with Gasteiger partial charge < -0.3 is 20.4 Å². The highest BCUT2D eigenvalue weighted by Crippen LogP contribution is 2.08. The van der Waals surface area contributed by atoms with Crippen LogP contribution >= 0.6 is 0 Å². The summed E-state index contributed by atoms with van der Waals surface area (Å²) >= 11 is 0. The molecule has 0 aliphatic heterocycles. The molecule has 0 fully saturated rings. The van der Waals surface area contributed by atoms with E-state index in [0.29, 0.717) is 6.42 Å². The lowest BCUT2D eigenvalue weighted by Crippen LogP contribution is -2.15. The summed E-state index contributed by atoms with van der Waals surface area (Å²) in [5.74, 6) is -0.666. The first kappa shape index (κ1) is 25.3. The summed E-state index contributed by atoms with van der Waals surface area (Å²) in [6.07, 6.45) is 17.4. The molecule has 0 aliphatic rings. The Morgan fingerprint density at radius 1 is 0.833 bits per heavy atom. The Balaban J connectivity index is 0. The van der Waals surface area contributed by atoms with Gasteiger partial charge in [0.15, 0.2) is 0 Å². The molecule has 144 valence electrons. The average Bonchev–Trinajstić information content (AvgIpc) is 2.58. The predicted octanol–water partition coefficient (Wildman–Crippen LogP) is 3.66. The Morgan fingerprint density at radius 3 is 1.71 bits per heavy atom. The Labute approximate surface area is 147 Å². The third-order valence-corrected chi connectivity index (χ3v) is 3.57. The summed E-state index contributed by atoms with van der Waals surface area (Å²) in [5, 5.41) is 32.5. The topological polar surface area (TPSA) is 98.0 Å². The van der Waals surface area contributed by atoms with E-state index in [1.54, 1.807) is 0 Å². The normalized spacial score (nSPS) is 10.9. The van der Waals surface area contributed by atoms with Crippen LogP contribution in [0.2, 0.25) is 0 Å². The molecule has 0 spiro atoms. The van der Waals surface area contributed by atoms with Crippen LogP contribution in [0.4, 0.5) is 0 Å². The minimum Gasteiger partial charge on any atom is -0.481 e. The molecule has 4 N–H and O–H groups in total. The minimum absolute atomic E-state index is 0.331. The zero-order valence-electron chi connectivity index (χ0n) is 15.3. The minimum atomic E-state index is -0.954. The number of unbranched alkanes of at least 4 members (excludes halogenated alkanes) is 9. The quantitative estimate of drug-likeness (QED) is 0.268. The summed E-state index contributed by atoms with van der Waals surface area (Å²) in [6.45, 7) is 1.51. The molecule has 0 unspecified atom stereocenters. The lowest BCUT2D eigenvalue weighted by Gasteiger charge is -1.98. The third kappa shape index (κ3) is 26.0. The van der Waals surface area contributed by atoms with Gasteiger partial charge in [0.1, 0.15) is 6.10 Å². The standard InChI is InChI=1S/C16H30O2.C3H8O3/c1-2-3-4-5-6-7-8-9-10-11-12-13-14-15-16(17)18;4-1-3(6)2-5/h7-8H,2-6,9-15H2,1H3,(H,17,18);3-6H,1-2H2. The van der Waals surface area contributed by atoms with E-state index >= 15 is 0 Å². The predicted molar refractivity (Wildman–Crippen MR) is 98.0 cm³/mol. The van der Waals surface area contributed by atoms with E-state index in [1.165, 1.54) is 57.8 Å². The molecule has 0 bridgehead atoms. The van der Waals surface area contributed by atoms with E-state index in [4.69, 9.17) is 20.4 Å². The van der Waals surface area contributed by atoms with Gasteiger partial charge in [0, 0.05) is 6.42 Å². The van der Waals surface area contributed by atoms with Crippen LogP contribution in [0.15, 0.2) is 12.2 Å². The van der Waals surface area contributed by atoms with Gasteiger partial charge in [0.25, 0.3) is 0 Å². The molecule has 0 aliphatic carbocycles. The first-order valence-corrected chi connectivity index (χ1v) is 9.35.